The minimum absolute atomic E-state index is 0.598. The van der Waals surface area contributed by atoms with Crippen molar-refractivity contribution in [2.45, 2.75) is 13.8 Å². The van der Waals surface area contributed by atoms with Crippen LogP contribution < -0.4 is 0 Å². The molecule has 1 heterocycles. The van der Waals surface area contributed by atoms with Crippen molar-refractivity contribution in [3.63, 3.8) is 0 Å². The number of hydrogen-bond donors (Lipinski definition) is 1. The predicted molar refractivity (Wildman–Crippen MR) is 90.6 cm³/mol. The summed E-state index contributed by atoms with van der Waals surface area (Å²) in [6.45, 7) is 4.14. The monoisotopic (exact) mass is 313 g/mol. The van der Waals surface area contributed by atoms with Crippen LogP contribution in [0.25, 0.3) is 11.4 Å². The van der Waals surface area contributed by atoms with Crippen LogP contribution in [0.5, 0.6) is 0 Å². The predicted octanol–water partition coefficient (Wildman–Crippen LogP) is 4.67. The van der Waals surface area contributed by atoms with Gasteiger partial charge >= 0.3 is 0 Å². The molecule has 0 radical (unpaired) electrons. The minimum atomic E-state index is 0.598. The molecule has 3 rings (SSSR count). The van der Waals surface area contributed by atoms with Crippen LogP contribution in [-0.2, 0) is 0 Å². The van der Waals surface area contributed by atoms with E-state index in [9.17, 15) is 0 Å². The van der Waals surface area contributed by atoms with Gasteiger partial charge in [0.1, 0.15) is 0 Å². The van der Waals surface area contributed by atoms with Crippen LogP contribution in [0.2, 0.25) is 0 Å². The van der Waals surface area contributed by atoms with Gasteiger partial charge in [-0.2, -0.15) is 0 Å². The Morgan fingerprint density at radius 2 is 1.48 bits per heavy atom. The first-order chi connectivity index (χ1) is 10.1. The van der Waals surface area contributed by atoms with Crippen molar-refractivity contribution in [3.8, 4) is 11.4 Å². The summed E-state index contributed by atoms with van der Waals surface area (Å²) >= 11 is 11.1. The van der Waals surface area contributed by atoms with Crippen molar-refractivity contribution in [1.29, 1.82) is 0 Å². The fraction of sp³-hybridized carbons (Fsp3) is 0.125. The van der Waals surface area contributed by atoms with Crippen molar-refractivity contribution < 1.29 is 0 Å². The smallest absolute Gasteiger partial charge is 0.206 e. The molecule has 0 spiro atoms. The topological polar surface area (TPSA) is 25.6 Å². The number of aromatic amines is 1. The molecule has 3 nitrogen and oxygen atoms in total. The molecule has 0 aliphatic heterocycles. The highest BCUT2D eigenvalue weighted by atomic mass is 32.1. The Balaban J connectivity index is 2.30. The lowest BCUT2D eigenvalue weighted by Gasteiger charge is -2.10. The fourth-order valence-electron chi connectivity index (χ4n) is 2.49. The molecule has 5 heteroatoms. The van der Waals surface area contributed by atoms with Crippen molar-refractivity contribution in [1.82, 2.24) is 14.3 Å². The Morgan fingerprint density at radius 1 is 0.857 bits per heavy atom. The molecular formula is C16H15N3S2. The van der Waals surface area contributed by atoms with E-state index in [1.807, 2.05) is 45.6 Å². The van der Waals surface area contributed by atoms with Gasteiger partial charge in [0.05, 0.1) is 11.4 Å². The van der Waals surface area contributed by atoms with Crippen LogP contribution >= 0.6 is 24.4 Å². The molecule has 0 atom stereocenters. The molecular weight excluding hydrogens is 298 g/mol. The lowest BCUT2D eigenvalue weighted by molar-refractivity contribution is 0.856. The third kappa shape index (κ3) is 2.39. The maximum absolute atomic E-state index is 5.62. The van der Waals surface area contributed by atoms with Crippen LogP contribution in [0.4, 0.5) is 0 Å². The normalized spacial score (nSPS) is 10.8. The number of rotatable bonds is 2. The zero-order valence-electron chi connectivity index (χ0n) is 11.8. The van der Waals surface area contributed by atoms with E-state index in [1.54, 1.807) is 0 Å². The summed E-state index contributed by atoms with van der Waals surface area (Å²) in [5, 5.41) is 3.17. The number of benzene rings is 2. The maximum atomic E-state index is 5.62. The van der Waals surface area contributed by atoms with Gasteiger partial charge < -0.3 is 0 Å². The summed E-state index contributed by atoms with van der Waals surface area (Å²) in [6.07, 6.45) is 0. The van der Waals surface area contributed by atoms with Gasteiger partial charge in [-0.1, -0.05) is 36.4 Å². The van der Waals surface area contributed by atoms with Crippen LogP contribution in [0.3, 0.4) is 0 Å². The largest absolute Gasteiger partial charge is 0.267 e. The third-order valence-electron chi connectivity index (χ3n) is 3.47. The highest BCUT2D eigenvalue weighted by Crippen LogP contribution is 2.21. The molecule has 0 aliphatic carbocycles. The summed E-state index contributed by atoms with van der Waals surface area (Å²) in [4.78, 5) is 0. The molecule has 1 N–H and O–H groups in total. The molecule has 3 aromatic rings. The van der Waals surface area contributed by atoms with Gasteiger partial charge in [-0.05, 0) is 61.5 Å². The molecule has 2 aromatic carbocycles. The van der Waals surface area contributed by atoms with Crippen molar-refractivity contribution in [3.05, 3.63) is 69.2 Å². The van der Waals surface area contributed by atoms with Gasteiger partial charge in [0, 0.05) is 0 Å². The van der Waals surface area contributed by atoms with Gasteiger partial charge in [0.15, 0.2) is 4.77 Å². The standard InChI is InChI=1S/C16H15N3S2/c1-11-7-6-8-12(2)14(11)18-15(20)17-19(16(18)21)13-9-4-3-5-10-13/h3-10H,1-2H3,(H,17,20). The van der Waals surface area contributed by atoms with Crippen LogP contribution in [0.1, 0.15) is 11.1 Å². The van der Waals surface area contributed by atoms with Crippen LogP contribution in [0, 0.1) is 23.4 Å². The second-order valence-corrected chi connectivity index (χ2v) is 5.70. The van der Waals surface area contributed by atoms with Crippen molar-refractivity contribution in [2.24, 2.45) is 0 Å². The van der Waals surface area contributed by atoms with Crippen molar-refractivity contribution >= 4 is 24.4 Å². The first-order valence-corrected chi connectivity index (χ1v) is 7.47. The van der Waals surface area contributed by atoms with E-state index in [4.69, 9.17) is 24.4 Å². The highest BCUT2D eigenvalue weighted by Gasteiger charge is 2.11. The van der Waals surface area contributed by atoms with Gasteiger partial charge in [-0.15, -0.1) is 0 Å². The first kappa shape index (κ1) is 14.0. The molecule has 106 valence electrons. The molecule has 1 aromatic heterocycles. The van der Waals surface area contributed by atoms with E-state index in [0.29, 0.717) is 9.54 Å². The van der Waals surface area contributed by atoms with Gasteiger partial charge in [-0.3, -0.25) is 9.67 Å². The molecule has 0 saturated carbocycles. The fourth-order valence-corrected chi connectivity index (χ4v) is 3.15. The van der Waals surface area contributed by atoms with E-state index in [2.05, 4.69) is 31.1 Å². The van der Waals surface area contributed by atoms with Gasteiger partial charge in [0.25, 0.3) is 0 Å². The highest BCUT2D eigenvalue weighted by molar-refractivity contribution is 7.72. The zero-order chi connectivity index (χ0) is 15.0. The lowest BCUT2D eigenvalue weighted by atomic mass is 10.1. The van der Waals surface area contributed by atoms with E-state index in [0.717, 1.165) is 22.5 Å². The molecule has 0 aliphatic rings. The maximum Gasteiger partial charge on any atom is 0.206 e. The molecule has 0 bridgehead atoms. The number of aryl methyl sites for hydroxylation is 2. The first-order valence-electron chi connectivity index (χ1n) is 6.65. The summed E-state index contributed by atoms with van der Waals surface area (Å²) < 4.78 is 5.00. The Morgan fingerprint density at radius 3 is 2.10 bits per heavy atom. The SMILES string of the molecule is Cc1cccc(C)c1-n1c(=S)[nH]n(-c2ccccc2)c1=S. The average Bonchev–Trinajstić information content (AvgIpc) is 2.76. The molecule has 0 unspecified atom stereocenters. The van der Waals surface area contributed by atoms with Gasteiger partial charge in [0.2, 0.25) is 4.77 Å². The second kappa shape index (κ2) is 5.42. The number of aromatic nitrogens is 3. The quantitative estimate of drug-likeness (QED) is 0.696. The molecule has 0 saturated heterocycles. The van der Waals surface area contributed by atoms with E-state index in [-0.39, 0.29) is 0 Å². The Bertz CT molecular complexity index is 881. The second-order valence-electron chi connectivity index (χ2n) is 4.95. The van der Waals surface area contributed by atoms with E-state index >= 15 is 0 Å². The van der Waals surface area contributed by atoms with Crippen LogP contribution in [0.15, 0.2) is 48.5 Å². The Labute approximate surface area is 133 Å². The molecule has 0 fully saturated rings. The zero-order valence-corrected chi connectivity index (χ0v) is 13.5. The van der Waals surface area contributed by atoms with E-state index in [1.165, 1.54) is 0 Å². The third-order valence-corrected chi connectivity index (χ3v) is 4.11. The molecule has 0 amide bonds. The van der Waals surface area contributed by atoms with Gasteiger partial charge in [-0.25, -0.2) is 4.68 Å². The Kier molecular flexibility index (Phi) is 3.61. The number of H-pyrrole nitrogens is 1. The Hall–Kier alpha value is -1.98. The minimum Gasteiger partial charge on any atom is -0.267 e. The number of para-hydroxylation sites is 2. The lowest BCUT2D eigenvalue weighted by Crippen LogP contribution is -2.02. The number of nitrogens with one attached hydrogen (secondary N) is 1. The number of hydrogen-bond acceptors (Lipinski definition) is 2. The summed E-state index contributed by atoms with van der Waals surface area (Å²) in [5.74, 6) is 0. The van der Waals surface area contributed by atoms with E-state index < -0.39 is 0 Å². The van der Waals surface area contributed by atoms with Crippen molar-refractivity contribution in [2.75, 3.05) is 0 Å². The number of nitrogens with zero attached hydrogens (tertiary/aromatic N) is 2. The average molecular weight is 313 g/mol. The summed E-state index contributed by atoms with van der Waals surface area (Å²) in [6, 6.07) is 16.1. The summed E-state index contributed by atoms with van der Waals surface area (Å²) in [5.41, 5.74) is 4.32. The van der Waals surface area contributed by atoms with Crippen LogP contribution in [-0.4, -0.2) is 14.3 Å². The summed E-state index contributed by atoms with van der Waals surface area (Å²) in [7, 11) is 0. The molecule has 21 heavy (non-hydrogen) atoms.